The third-order valence-corrected chi connectivity index (χ3v) is 7.00. The van der Waals surface area contributed by atoms with E-state index in [1.807, 2.05) is 34.0 Å². The Morgan fingerprint density at radius 3 is 2.74 bits per heavy atom. The monoisotopic (exact) mass is 550 g/mol. The number of fused-ring (bicyclic) bond motifs is 1. The number of hydrogen-bond donors (Lipinski definition) is 1. The van der Waals surface area contributed by atoms with E-state index in [0.717, 1.165) is 56.8 Å². The average Bonchev–Trinajstić information content (AvgIpc) is 3.51. The number of aliphatic hydroxyl groups excluding tert-OH is 1. The zero-order valence-corrected chi connectivity index (χ0v) is 19.7. The topological polar surface area (TPSA) is 69.8 Å². The van der Waals surface area contributed by atoms with E-state index in [0.29, 0.717) is 6.54 Å². The van der Waals surface area contributed by atoms with Crippen LogP contribution in [0, 0.1) is 5.82 Å². The summed E-state index contributed by atoms with van der Waals surface area (Å²) in [7, 11) is 1.96. The van der Waals surface area contributed by atoms with Crippen LogP contribution in [0.5, 0.6) is 0 Å². The maximum atomic E-state index is 13.3. The van der Waals surface area contributed by atoms with Crippen molar-refractivity contribution in [3.8, 4) is 11.3 Å². The number of aliphatic hydroxyl groups is 1. The fourth-order valence-electron chi connectivity index (χ4n) is 3.76. The first-order chi connectivity index (χ1) is 15.0. The molecule has 4 aromatic rings. The fraction of sp³-hybridized carbons (Fsp3) is 0.286. The smallest absolute Gasteiger partial charge is 0.191 e. The molecule has 0 saturated carbocycles. The van der Waals surface area contributed by atoms with Gasteiger partial charge in [0.1, 0.15) is 11.6 Å². The van der Waals surface area contributed by atoms with Gasteiger partial charge in [0.15, 0.2) is 16.6 Å². The van der Waals surface area contributed by atoms with Gasteiger partial charge in [-0.1, -0.05) is 22.6 Å². The highest BCUT2D eigenvalue weighted by molar-refractivity contribution is 14.1. The van der Waals surface area contributed by atoms with Crippen molar-refractivity contribution in [2.75, 3.05) is 29.9 Å². The molecule has 3 aromatic heterocycles. The van der Waals surface area contributed by atoms with Gasteiger partial charge in [-0.3, -0.25) is 0 Å². The van der Waals surface area contributed by atoms with Crippen molar-refractivity contribution in [3.05, 3.63) is 53.3 Å². The molecule has 0 aliphatic carbocycles. The number of halogens is 2. The SMILES string of the molecule is CN(c1nc(-c2ccc(F)cc2)cs1)c1c(CI)nc2ccc(N3CCC(O)C3)nn12. The summed E-state index contributed by atoms with van der Waals surface area (Å²) in [6.45, 7) is 1.37. The first-order valence-corrected chi connectivity index (χ1v) is 12.3. The molecule has 0 spiro atoms. The number of β-amino-alcohol motifs (C(OH)–C–C–N with tert-alkyl or cyclic N) is 1. The Kier molecular flexibility index (Phi) is 5.52. The second-order valence-corrected chi connectivity index (χ2v) is 9.05. The highest BCUT2D eigenvalue weighted by atomic mass is 127. The lowest BCUT2D eigenvalue weighted by Crippen LogP contribution is -2.23. The summed E-state index contributed by atoms with van der Waals surface area (Å²) in [4.78, 5) is 13.6. The first-order valence-electron chi connectivity index (χ1n) is 9.86. The minimum atomic E-state index is -0.312. The summed E-state index contributed by atoms with van der Waals surface area (Å²) >= 11 is 3.83. The van der Waals surface area contributed by atoms with Crippen LogP contribution in [-0.2, 0) is 4.43 Å². The van der Waals surface area contributed by atoms with Crippen molar-refractivity contribution in [3.63, 3.8) is 0 Å². The van der Waals surface area contributed by atoms with Gasteiger partial charge in [-0.25, -0.2) is 14.4 Å². The lowest BCUT2D eigenvalue weighted by Gasteiger charge is -2.19. The molecule has 160 valence electrons. The van der Waals surface area contributed by atoms with Crippen molar-refractivity contribution in [2.45, 2.75) is 17.0 Å². The number of thiazole rings is 1. The molecular weight excluding hydrogens is 530 g/mol. The molecule has 0 bridgehead atoms. The number of nitrogens with zero attached hydrogens (tertiary/aromatic N) is 6. The summed E-state index contributed by atoms with van der Waals surface area (Å²) in [6, 6.07) is 10.3. The predicted molar refractivity (Wildman–Crippen MR) is 129 cm³/mol. The standard InChI is InChI=1S/C21H20FIN6OS/c1-27(21-25-17(12-31-21)13-2-4-14(22)5-3-13)20-16(10-23)24-18-6-7-19(26-29(18)20)28-9-8-15(30)11-28/h2-7,12,15,30H,8-11H2,1H3. The van der Waals surface area contributed by atoms with Crippen LogP contribution >= 0.6 is 33.9 Å². The third-order valence-electron chi connectivity index (χ3n) is 5.36. The summed E-state index contributed by atoms with van der Waals surface area (Å²) in [6.07, 6.45) is 0.438. The van der Waals surface area contributed by atoms with Crippen molar-refractivity contribution in [1.82, 2.24) is 19.6 Å². The van der Waals surface area contributed by atoms with Crippen LogP contribution < -0.4 is 9.80 Å². The second-order valence-electron chi connectivity index (χ2n) is 7.45. The van der Waals surface area contributed by atoms with Gasteiger partial charge >= 0.3 is 0 Å². The quantitative estimate of drug-likeness (QED) is 0.296. The van der Waals surface area contributed by atoms with Gasteiger partial charge in [0.2, 0.25) is 0 Å². The maximum Gasteiger partial charge on any atom is 0.191 e. The molecule has 1 fully saturated rings. The van der Waals surface area contributed by atoms with Crippen molar-refractivity contribution >= 4 is 56.3 Å². The van der Waals surface area contributed by atoms with Crippen molar-refractivity contribution < 1.29 is 9.50 Å². The van der Waals surface area contributed by atoms with Gasteiger partial charge in [0.05, 0.1) is 17.5 Å². The van der Waals surface area contributed by atoms with Crippen LogP contribution in [0.1, 0.15) is 12.1 Å². The highest BCUT2D eigenvalue weighted by Gasteiger charge is 2.24. The Labute approximate surface area is 196 Å². The van der Waals surface area contributed by atoms with Gasteiger partial charge in [0, 0.05) is 35.5 Å². The molecule has 0 amide bonds. The second kappa shape index (κ2) is 8.32. The molecule has 7 nitrogen and oxygen atoms in total. The molecule has 0 radical (unpaired) electrons. The molecule has 5 rings (SSSR count). The summed E-state index contributed by atoms with van der Waals surface area (Å²) in [5.41, 5.74) is 3.37. The molecule has 1 atom stereocenters. The van der Waals surface area contributed by atoms with Crippen LogP contribution in [0.3, 0.4) is 0 Å². The van der Waals surface area contributed by atoms with E-state index in [1.54, 1.807) is 12.1 Å². The Morgan fingerprint density at radius 2 is 2.03 bits per heavy atom. The Hall–Kier alpha value is -2.31. The maximum absolute atomic E-state index is 13.3. The van der Waals surface area contributed by atoms with E-state index in [9.17, 15) is 9.50 Å². The number of hydrogen-bond acceptors (Lipinski definition) is 7. The van der Waals surface area contributed by atoms with E-state index in [2.05, 4.69) is 27.5 Å². The number of aromatic nitrogens is 4. The lowest BCUT2D eigenvalue weighted by molar-refractivity contribution is 0.198. The average molecular weight is 550 g/mol. The molecule has 1 unspecified atom stereocenters. The summed E-state index contributed by atoms with van der Waals surface area (Å²) < 4.78 is 15.8. The van der Waals surface area contributed by atoms with Gasteiger partial charge in [-0.05, 0) is 42.8 Å². The van der Waals surface area contributed by atoms with Gasteiger partial charge in [-0.2, -0.15) is 4.52 Å². The Balaban J connectivity index is 1.53. The Bertz CT molecular complexity index is 1230. The van der Waals surface area contributed by atoms with Crippen LogP contribution in [0.25, 0.3) is 16.9 Å². The van der Waals surface area contributed by atoms with Gasteiger partial charge in [-0.15, -0.1) is 16.4 Å². The van der Waals surface area contributed by atoms with E-state index in [1.165, 1.54) is 23.5 Å². The minimum absolute atomic E-state index is 0.263. The van der Waals surface area contributed by atoms with Crippen LogP contribution in [0.4, 0.5) is 21.2 Å². The van der Waals surface area contributed by atoms with E-state index >= 15 is 0 Å². The molecule has 4 heterocycles. The van der Waals surface area contributed by atoms with Gasteiger partial charge < -0.3 is 14.9 Å². The molecular formula is C21H20FIN6OS. The molecule has 1 aliphatic heterocycles. The number of rotatable bonds is 5. The number of benzene rings is 1. The first kappa shape index (κ1) is 20.6. The van der Waals surface area contributed by atoms with Crippen LogP contribution in [0.15, 0.2) is 41.8 Å². The highest BCUT2D eigenvalue weighted by Crippen LogP contribution is 2.34. The van der Waals surface area contributed by atoms with E-state index in [4.69, 9.17) is 15.1 Å². The molecule has 1 N–H and O–H groups in total. The van der Waals surface area contributed by atoms with Crippen LogP contribution in [0.2, 0.25) is 0 Å². The van der Waals surface area contributed by atoms with Crippen molar-refractivity contribution in [2.24, 2.45) is 0 Å². The third kappa shape index (κ3) is 3.87. The summed E-state index contributed by atoms with van der Waals surface area (Å²) in [5.74, 6) is 1.43. The van der Waals surface area contributed by atoms with Crippen molar-refractivity contribution in [1.29, 1.82) is 0 Å². The lowest BCUT2D eigenvalue weighted by atomic mass is 10.2. The number of anilines is 3. The largest absolute Gasteiger partial charge is 0.391 e. The van der Waals surface area contributed by atoms with E-state index < -0.39 is 0 Å². The molecule has 1 aromatic carbocycles. The Morgan fingerprint density at radius 1 is 1.23 bits per heavy atom. The zero-order valence-electron chi connectivity index (χ0n) is 16.7. The summed E-state index contributed by atoms with van der Waals surface area (Å²) in [5, 5.41) is 17.5. The minimum Gasteiger partial charge on any atom is -0.391 e. The molecule has 1 aliphatic rings. The molecule has 1 saturated heterocycles. The normalized spacial score (nSPS) is 16.4. The van der Waals surface area contributed by atoms with Gasteiger partial charge in [0.25, 0.3) is 0 Å². The van der Waals surface area contributed by atoms with Crippen LogP contribution in [-0.4, -0.2) is 50.9 Å². The number of imidazole rings is 1. The van der Waals surface area contributed by atoms with E-state index in [-0.39, 0.29) is 11.9 Å². The molecule has 31 heavy (non-hydrogen) atoms. The zero-order chi connectivity index (χ0) is 21.5. The predicted octanol–water partition coefficient (Wildman–Crippen LogP) is 4.27. The molecule has 10 heteroatoms. The fourth-order valence-corrected chi connectivity index (χ4v) is 5.08. The number of alkyl halides is 1.